The average molecular weight is 365 g/mol. The molecular weight excluding hydrogens is 332 g/mol. The van der Waals surface area contributed by atoms with Crippen molar-refractivity contribution < 1.29 is 0 Å². The highest BCUT2D eigenvalue weighted by atomic mass is 15.4. The van der Waals surface area contributed by atoms with Crippen LogP contribution in [-0.4, -0.2) is 32.2 Å². The minimum atomic E-state index is 0.390. The first-order valence-electron chi connectivity index (χ1n) is 10.3. The fourth-order valence-electron chi connectivity index (χ4n) is 4.34. The zero-order valence-corrected chi connectivity index (χ0v) is 16.5. The lowest BCUT2D eigenvalue weighted by Gasteiger charge is -2.34. The lowest BCUT2D eigenvalue weighted by atomic mass is 9.92. The topological polar surface area (TPSA) is 39.3 Å². The average Bonchev–Trinajstić information content (AvgIpc) is 3.18. The summed E-state index contributed by atoms with van der Waals surface area (Å²) in [5, 5.41) is 3.85. The SMILES string of the molecule is Cc1ccc(C2NNCC2CNC2CCN(c3ccccc3)CC2)cc1C. The summed E-state index contributed by atoms with van der Waals surface area (Å²) in [5.74, 6) is 0.583. The lowest BCUT2D eigenvalue weighted by molar-refractivity contribution is 0.364. The van der Waals surface area contributed by atoms with Gasteiger partial charge in [-0.3, -0.25) is 5.43 Å². The third kappa shape index (κ3) is 4.34. The van der Waals surface area contributed by atoms with Gasteiger partial charge in [0, 0.05) is 43.8 Å². The van der Waals surface area contributed by atoms with Gasteiger partial charge in [0.05, 0.1) is 6.04 Å². The number of hydrogen-bond donors (Lipinski definition) is 3. The molecule has 3 N–H and O–H groups in total. The van der Waals surface area contributed by atoms with Crippen LogP contribution in [0.15, 0.2) is 48.5 Å². The van der Waals surface area contributed by atoms with Crippen LogP contribution in [0, 0.1) is 19.8 Å². The minimum absolute atomic E-state index is 0.390. The quantitative estimate of drug-likeness (QED) is 0.761. The smallest absolute Gasteiger partial charge is 0.0515 e. The molecule has 2 atom stereocenters. The second-order valence-electron chi connectivity index (χ2n) is 8.11. The van der Waals surface area contributed by atoms with E-state index in [0.29, 0.717) is 18.0 Å². The maximum absolute atomic E-state index is 3.85. The van der Waals surface area contributed by atoms with Crippen molar-refractivity contribution in [1.82, 2.24) is 16.2 Å². The number of hydrazine groups is 1. The number of nitrogens with zero attached hydrogens (tertiary/aromatic N) is 1. The second kappa shape index (κ2) is 8.42. The van der Waals surface area contributed by atoms with Gasteiger partial charge < -0.3 is 10.2 Å². The first kappa shape index (κ1) is 18.5. The van der Waals surface area contributed by atoms with E-state index in [4.69, 9.17) is 0 Å². The van der Waals surface area contributed by atoms with Crippen LogP contribution in [0.5, 0.6) is 0 Å². The zero-order valence-electron chi connectivity index (χ0n) is 16.5. The predicted molar refractivity (Wildman–Crippen MR) is 113 cm³/mol. The Morgan fingerprint density at radius 1 is 1.00 bits per heavy atom. The summed E-state index contributed by atoms with van der Waals surface area (Å²) in [6.45, 7) is 8.75. The number of rotatable bonds is 5. The van der Waals surface area contributed by atoms with Crippen molar-refractivity contribution in [1.29, 1.82) is 0 Å². The molecule has 0 amide bonds. The summed E-state index contributed by atoms with van der Waals surface area (Å²) >= 11 is 0. The van der Waals surface area contributed by atoms with E-state index in [1.807, 2.05) is 0 Å². The van der Waals surface area contributed by atoms with Gasteiger partial charge in [-0.25, -0.2) is 5.43 Å². The summed E-state index contributed by atoms with van der Waals surface area (Å²) in [6, 6.07) is 18.7. The number of nitrogens with one attached hydrogen (secondary N) is 3. The molecule has 27 heavy (non-hydrogen) atoms. The fourth-order valence-corrected chi connectivity index (χ4v) is 4.34. The molecule has 0 radical (unpaired) electrons. The molecule has 0 bridgehead atoms. The minimum Gasteiger partial charge on any atom is -0.371 e. The summed E-state index contributed by atoms with van der Waals surface area (Å²) in [5.41, 5.74) is 12.4. The van der Waals surface area contributed by atoms with Crippen molar-refractivity contribution in [3.05, 3.63) is 65.2 Å². The standard InChI is InChI=1S/C23H32N4/c1-17-8-9-19(14-18(17)2)23-20(16-25-26-23)15-24-21-10-12-27(13-11-21)22-6-4-3-5-7-22/h3-9,14,20-21,23-26H,10-13,15-16H2,1-2H3. The van der Waals surface area contributed by atoms with Gasteiger partial charge in [0.25, 0.3) is 0 Å². The third-order valence-electron chi connectivity index (χ3n) is 6.27. The molecule has 2 saturated heterocycles. The molecule has 2 aromatic carbocycles. The van der Waals surface area contributed by atoms with Gasteiger partial charge in [-0.1, -0.05) is 36.4 Å². The van der Waals surface area contributed by atoms with Crippen LogP contribution < -0.4 is 21.1 Å². The highest BCUT2D eigenvalue weighted by molar-refractivity contribution is 5.46. The van der Waals surface area contributed by atoms with Gasteiger partial charge in [0.15, 0.2) is 0 Å². The maximum atomic E-state index is 3.85. The molecular formula is C23H32N4. The Labute approximate surface area is 163 Å². The van der Waals surface area contributed by atoms with E-state index in [2.05, 4.69) is 83.4 Å². The summed E-state index contributed by atoms with van der Waals surface area (Å²) < 4.78 is 0. The van der Waals surface area contributed by atoms with Crippen LogP contribution in [0.4, 0.5) is 5.69 Å². The first-order chi connectivity index (χ1) is 13.2. The normalized spacial score (nSPS) is 23.7. The molecule has 2 aliphatic rings. The molecule has 2 aliphatic heterocycles. The van der Waals surface area contributed by atoms with E-state index in [1.54, 1.807) is 0 Å². The summed E-state index contributed by atoms with van der Waals surface area (Å²) in [4.78, 5) is 2.51. The molecule has 2 fully saturated rings. The molecule has 2 aromatic rings. The number of piperidine rings is 1. The van der Waals surface area contributed by atoms with E-state index in [0.717, 1.165) is 26.2 Å². The van der Waals surface area contributed by atoms with Crippen molar-refractivity contribution in [2.45, 2.75) is 38.8 Å². The van der Waals surface area contributed by atoms with Crippen molar-refractivity contribution >= 4 is 5.69 Å². The molecule has 0 spiro atoms. The van der Waals surface area contributed by atoms with Gasteiger partial charge in [-0.2, -0.15) is 0 Å². The monoisotopic (exact) mass is 364 g/mol. The third-order valence-corrected chi connectivity index (χ3v) is 6.27. The van der Waals surface area contributed by atoms with Gasteiger partial charge in [-0.05, 0) is 55.5 Å². The van der Waals surface area contributed by atoms with Crippen molar-refractivity contribution in [3.8, 4) is 0 Å². The van der Waals surface area contributed by atoms with Crippen LogP contribution in [0.1, 0.15) is 35.6 Å². The predicted octanol–water partition coefficient (Wildman–Crippen LogP) is 3.33. The van der Waals surface area contributed by atoms with Crippen molar-refractivity contribution in [3.63, 3.8) is 0 Å². The zero-order chi connectivity index (χ0) is 18.6. The Balaban J connectivity index is 1.29. The summed E-state index contributed by atoms with van der Waals surface area (Å²) in [6.07, 6.45) is 2.44. The van der Waals surface area contributed by atoms with Crippen LogP contribution >= 0.6 is 0 Å². The lowest BCUT2D eigenvalue weighted by Crippen LogP contribution is -2.44. The second-order valence-corrected chi connectivity index (χ2v) is 8.11. The number of hydrogen-bond acceptors (Lipinski definition) is 4. The Kier molecular flexibility index (Phi) is 5.77. The van der Waals surface area contributed by atoms with E-state index >= 15 is 0 Å². The van der Waals surface area contributed by atoms with Gasteiger partial charge in [0.2, 0.25) is 0 Å². The van der Waals surface area contributed by atoms with E-state index in [-0.39, 0.29) is 0 Å². The van der Waals surface area contributed by atoms with Crippen molar-refractivity contribution in [2.24, 2.45) is 5.92 Å². The summed E-state index contributed by atoms with van der Waals surface area (Å²) in [7, 11) is 0. The molecule has 4 rings (SSSR count). The fraction of sp³-hybridized carbons (Fsp3) is 0.478. The molecule has 2 unspecified atom stereocenters. The number of anilines is 1. The maximum Gasteiger partial charge on any atom is 0.0515 e. The molecule has 0 aliphatic carbocycles. The van der Waals surface area contributed by atoms with Crippen LogP contribution in [0.2, 0.25) is 0 Å². The van der Waals surface area contributed by atoms with E-state index in [1.165, 1.54) is 35.2 Å². The highest BCUT2D eigenvalue weighted by Crippen LogP contribution is 2.27. The van der Waals surface area contributed by atoms with Crippen LogP contribution in [0.3, 0.4) is 0 Å². The number of benzene rings is 2. The molecule has 144 valence electrons. The number of aryl methyl sites for hydroxylation is 2. The molecule has 0 aromatic heterocycles. The number of para-hydroxylation sites is 1. The Morgan fingerprint density at radius 3 is 2.52 bits per heavy atom. The molecule has 4 heteroatoms. The van der Waals surface area contributed by atoms with Crippen LogP contribution in [0.25, 0.3) is 0 Å². The highest BCUT2D eigenvalue weighted by Gasteiger charge is 2.29. The van der Waals surface area contributed by atoms with Gasteiger partial charge >= 0.3 is 0 Å². The Bertz CT molecular complexity index is 737. The van der Waals surface area contributed by atoms with Crippen molar-refractivity contribution in [2.75, 3.05) is 31.1 Å². The molecule has 4 nitrogen and oxygen atoms in total. The molecule has 2 heterocycles. The van der Waals surface area contributed by atoms with E-state index < -0.39 is 0 Å². The van der Waals surface area contributed by atoms with Gasteiger partial charge in [0.1, 0.15) is 0 Å². The van der Waals surface area contributed by atoms with Crippen LogP contribution in [-0.2, 0) is 0 Å². The Hall–Kier alpha value is -1.88. The van der Waals surface area contributed by atoms with Gasteiger partial charge in [-0.15, -0.1) is 0 Å². The first-order valence-corrected chi connectivity index (χ1v) is 10.3. The van der Waals surface area contributed by atoms with E-state index in [9.17, 15) is 0 Å². The molecule has 0 saturated carbocycles. The Morgan fingerprint density at radius 2 is 1.78 bits per heavy atom. The largest absolute Gasteiger partial charge is 0.371 e.